The van der Waals surface area contributed by atoms with Gasteiger partial charge in [-0.15, -0.1) is 0 Å². The van der Waals surface area contributed by atoms with Gasteiger partial charge in [0.25, 0.3) is 0 Å². The number of hydrogen-bond donors (Lipinski definition) is 0. The molecule has 1 saturated carbocycles. The fourth-order valence-corrected chi connectivity index (χ4v) is 1.94. The summed E-state index contributed by atoms with van der Waals surface area (Å²) in [5.74, 6) is 0.479. The zero-order chi connectivity index (χ0) is 9.03. The Balaban J connectivity index is 2.42. The van der Waals surface area contributed by atoms with Crippen LogP contribution in [0.2, 0.25) is 0 Å². The second-order valence-corrected chi connectivity index (χ2v) is 4.76. The van der Waals surface area contributed by atoms with E-state index in [-0.39, 0.29) is 0 Å². The fraction of sp³-hybridized carbons (Fsp3) is 0.909. The Morgan fingerprint density at radius 1 is 1.00 bits per heavy atom. The van der Waals surface area contributed by atoms with Crippen LogP contribution < -0.4 is 0 Å². The van der Waals surface area contributed by atoms with Crippen LogP contribution in [-0.2, 0) is 4.79 Å². The second kappa shape index (κ2) is 4.06. The first-order chi connectivity index (χ1) is 5.60. The molecule has 1 nitrogen and oxygen atoms in total. The van der Waals surface area contributed by atoms with E-state index in [2.05, 4.69) is 13.8 Å². The molecule has 0 heterocycles. The molecule has 0 aliphatic heterocycles. The van der Waals surface area contributed by atoms with E-state index in [4.69, 9.17) is 0 Å². The van der Waals surface area contributed by atoms with E-state index in [1.807, 2.05) is 0 Å². The van der Waals surface area contributed by atoms with Crippen LogP contribution in [0.15, 0.2) is 0 Å². The van der Waals surface area contributed by atoms with Crippen molar-refractivity contribution in [2.24, 2.45) is 5.41 Å². The minimum atomic E-state index is 0.477. The maximum absolute atomic E-state index is 11.2. The molecular weight excluding hydrogens is 148 g/mol. The van der Waals surface area contributed by atoms with Gasteiger partial charge in [-0.1, -0.05) is 20.3 Å². The molecule has 70 valence electrons. The summed E-state index contributed by atoms with van der Waals surface area (Å²) in [5.41, 5.74) is 0.477. The largest absolute Gasteiger partial charge is 0.300 e. The summed E-state index contributed by atoms with van der Waals surface area (Å²) in [4.78, 5) is 11.2. The average Bonchev–Trinajstić information content (AvgIpc) is 2.02. The van der Waals surface area contributed by atoms with Gasteiger partial charge < -0.3 is 0 Å². The average molecular weight is 168 g/mol. The van der Waals surface area contributed by atoms with Crippen LogP contribution in [0.3, 0.4) is 0 Å². The third-order valence-electron chi connectivity index (χ3n) is 2.87. The van der Waals surface area contributed by atoms with E-state index >= 15 is 0 Å². The van der Waals surface area contributed by atoms with Gasteiger partial charge in [0.15, 0.2) is 0 Å². The highest BCUT2D eigenvalue weighted by atomic mass is 16.1. The monoisotopic (exact) mass is 168 g/mol. The predicted octanol–water partition coefficient (Wildman–Crippen LogP) is 3.33. The lowest BCUT2D eigenvalue weighted by Crippen LogP contribution is -2.10. The summed E-state index contributed by atoms with van der Waals surface area (Å²) in [6, 6.07) is 0. The van der Waals surface area contributed by atoms with E-state index < -0.39 is 0 Å². The molecule has 1 heteroatoms. The molecule has 0 atom stereocenters. The molecule has 1 fully saturated rings. The van der Waals surface area contributed by atoms with Gasteiger partial charge in [0, 0.05) is 12.8 Å². The third-order valence-corrected chi connectivity index (χ3v) is 2.87. The smallest absolute Gasteiger partial charge is 0.132 e. The maximum atomic E-state index is 11.2. The zero-order valence-corrected chi connectivity index (χ0v) is 8.36. The number of Topliss-reactive ketones (excluding diaryl/α,β-unsaturated/α-hetero) is 1. The van der Waals surface area contributed by atoms with Gasteiger partial charge in [-0.25, -0.2) is 0 Å². The Kier molecular flexibility index (Phi) is 3.30. The molecule has 0 radical (unpaired) electrons. The van der Waals surface area contributed by atoms with Gasteiger partial charge in [-0.2, -0.15) is 0 Å². The molecule has 0 aromatic rings. The fourth-order valence-electron chi connectivity index (χ4n) is 1.94. The normalized spacial score (nSPS) is 25.7. The molecule has 0 unspecified atom stereocenters. The SMILES string of the molecule is CC1(C)CCCCC(=O)CCC1. The zero-order valence-electron chi connectivity index (χ0n) is 8.36. The van der Waals surface area contributed by atoms with E-state index in [1.54, 1.807) is 0 Å². The van der Waals surface area contributed by atoms with Crippen molar-refractivity contribution in [1.82, 2.24) is 0 Å². The summed E-state index contributed by atoms with van der Waals surface area (Å²) in [6.07, 6.45) is 7.62. The molecule has 0 aromatic carbocycles. The number of carbonyl (C=O) groups is 1. The van der Waals surface area contributed by atoms with Crippen molar-refractivity contribution >= 4 is 5.78 Å². The summed E-state index contributed by atoms with van der Waals surface area (Å²) >= 11 is 0. The second-order valence-electron chi connectivity index (χ2n) is 4.76. The molecule has 0 saturated heterocycles. The lowest BCUT2D eigenvalue weighted by molar-refractivity contribution is -0.119. The van der Waals surface area contributed by atoms with Crippen molar-refractivity contribution in [2.75, 3.05) is 0 Å². The van der Waals surface area contributed by atoms with Gasteiger partial charge in [-0.3, -0.25) is 4.79 Å². The topological polar surface area (TPSA) is 17.1 Å². The van der Waals surface area contributed by atoms with E-state index in [1.165, 1.54) is 19.3 Å². The highest BCUT2D eigenvalue weighted by Crippen LogP contribution is 2.31. The number of ketones is 1. The van der Waals surface area contributed by atoms with Crippen molar-refractivity contribution in [2.45, 2.75) is 58.8 Å². The maximum Gasteiger partial charge on any atom is 0.132 e. The van der Waals surface area contributed by atoms with E-state index in [0.717, 1.165) is 25.7 Å². The summed E-state index contributed by atoms with van der Waals surface area (Å²) in [5, 5.41) is 0. The lowest BCUT2D eigenvalue weighted by Gasteiger charge is -2.23. The van der Waals surface area contributed by atoms with Gasteiger partial charge in [0.2, 0.25) is 0 Å². The molecule has 1 aliphatic rings. The summed E-state index contributed by atoms with van der Waals surface area (Å²) in [7, 11) is 0. The highest BCUT2D eigenvalue weighted by Gasteiger charge is 2.19. The van der Waals surface area contributed by atoms with Crippen molar-refractivity contribution in [3.05, 3.63) is 0 Å². The first-order valence-electron chi connectivity index (χ1n) is 5.12. The van der Waals surface area contributed by atoms with Crippen LogP contribution in [-0.4, -0.2) is 5.78 Å². The Bertz CT molecular complexity index is 158. The molecule has 0 N–H and O–H groups in total. The van der Waals surface area contributed by atoms with Gasteiger partial charge >= 0.3 is 0 Å². The molecule has 1 aliphatic carbocycles. The standard InChI is InChI=1S/C11H20O/c1-11(2)8-4-3-6-10(12)7-5-9-11/h3-9H2,1-2H3. The molecular formula is C11H20O. The molecule has 0 spiro atoms. The van der Waals surface area contributed by atoms with Crippen LogP contribution in [0.25, 0.3) is 0 Å². The van der Waals surface area contributed by atoms with Crippen LogP contribution >= 0.6 is 0 Å². The van der Waals surface area contributed by atoms with Crippen molar-refractivity contribution in [3.63, 3.8) is 0 Å². The Morgan fingerprint density at radius 3 is 2.33 bits per heavy atom. The van der Waals surface area contributed by atoms with Gasteiger partial charge in [-0.05, 0) is 31.1 Å². The Morgan fingerprint density at radius 2 is 1.58 bits per heavy atom. The van der Waals surface area contributed by atoms with Gasteiger partial charge in [0.1, 0.15) is 5.78 Å². The van der Waals surface area contributed by atoms with Crippen LogP contribution in [0.1, 0.15) is 58.8 Å². The summed E-state index contributed by atoms with van der Waals surface area (Å²) < 4.78 is 0. The molecule has 0 bridgehead atoms. The molecule has 0 aromatic heterocycles. The molecule has 12 heavy (non-hydrogen) atoms. The van der Waals surface area contributed by atoms with E-state index in [9.17, 15) is 4.79 Å². The summed E-state index contributed by atoms with van der Waals surface area (Å²) in [6.45, 7) is 4.64. The Labute approximate surface area is 75.5 Å². The van der Waals surface area contributed by atoms with Crippen molar-refractivity contribution < 1.29 is 4.79 Å². The van der Waals surface area contributed by atoms with Crippen LogP contribution in [0, 0.1) is 5.41 Å². The third kappa shape index (κ3) is 3.38. The van der Waals surface area contributed by atoms with Crippen LogP contribution in [0.4, 0.5) is 0 Å². The van der Waals surface area contributed by atoms with Gasteiger partial charge in [0.05, 0.1) is 0 Å². The first-order valence-corrected chi connectivity index (χ1v) is 5.12. The molecule has 0 amide bonds. The highest BCUT2D eigenvalue weighted by molar-refractivity contribution is 5.78. The lowest BCUT2D eigenvalue weighted by atomic mass is 9.83. The van der Waals surface area contributed by atoms with Crippen molar-refractivity contribution in [1.29, 1.82) is 0 Å². The minimum absolute atomic E-state index is 0.477. The minimum Gasteiger partial charge on any atom is -0.300 e. The first kappa shape index (κ1) is 9.76. The van der Waals surface area contributed by atoms with Crippen LogP contribution in [0.5, 0.6) is 0 Å². The number of carbonyl (C=O) groups excluding carboxylic acids is 1. The molecule has 1 rings (SSSR count). The van der Waals surface area contributed by atoms with E-state index in [0.29, 0.717) is 11.2 Å². The number of rotatable bonds is 0. The Hall–Kier alpha value is -0.330. The number of hydrogen-bond acceptors (Lipinski definition) is 1. The van der Waals surface area contributed by atoms with Crippen molar-refractivity contribution in [3.8, 4) is 0 Å². The predicted molar refractivity (Wildman–Crippen MR) is 51.1 cm³/mol. The quantitative estimate of drug-likeness (QED) is 0.542.